The van der Waals surface area contributed by atoms with Crippen molar-refractivity contribution in [3.05, 3.63) is 135 Å². The van der Waals surface area contributed by atoms with E-state index in [9.17, 15) is 9.59 Å². The van der Waals surface area contributed by atoms with E-state index < -0.39 is 0 Å². The molecule has 4 aromatic carbocycles. The maximum atomic E-state index is 11.7. The summed E-state index contributed by atoms with van der Waals surface area (Å²) < 4.78 is 1.24. The minimum Gasteiger partial charge on any atom is -0.373 e. The maximum Gasteiger partial charge on any atom is 0.261 e. The van der Waals surface area contributed by atoms with Crippen LogP contribution in [0.2, 0.25) is 0 Å². The van der Waals surface area contributed by atoms with Crippen molar-refractivity contribution >= 4 is 40.1 Å². The Kier molecular flexibility index (Phi) is 8.76. The van der Waals surface area contributed by atoms with Crippen molar-refractivity contribution in [2.45, 2.75) is 19.4 Å². The van der Waals surface area contributed by atoms with Gasteiger partial charge >= 0.3 is 0 Å². The van der Waals surface area contributed by atoms with Crippen LogP contribution in [0.1, 0.15) is 49.9 Å². The molecule has 37 heavy (non-hydrogen) atoms. The van der Waals surface area contributed by atoms with E-state index in [0.717, 1.165) is 0 Å². The molecule has 0 fully saturated rings. The van der Waals surface area contributed by atoms with Gasteiger partial charge in [0.15, 0.2) is 0 Å². The van der Waals surface area contributed by atoms with Gasteiger partial charge in [0.1, 0.15) is 0 Å². The van der Waals surface area contributed by atoms with Crippen molar-refractivity contribution in [3.8, 4) is 12.3 Å². The van der Waals surface area contributed by atoms with Gasteiger partial charge in [-0.3, -0.25) is 14.5 Å². The molecule has 0 spiro atoms. The van der Waals surface area contributed by atoms with Gasteiger partial charge in [-0.25, -0.2) is 0 Å². The number of nitrogens with one attached hydrogen (secondary N) is 1. The van der Waals surface area contributed by atoms with Crippen molar-refractivity contribution in [2.24, 2.45) is 0 Å². The van der Waals surface area contributed by atoms with Crippen LogP contribution in [0.5, 0.6) is 0 Å². The minimum absolute atomic E-state index is 0.152. The van der Waals surface area contributed by atoms with Gasteiger partial charge in [-0.05, 0) is 70.5 Å². The number of halogens is 1. The summed E-state index contributed by atoms with van der Waals surface area (Å²) in [5.41, 5.74) is 5.93. The third-order valence-corrected chi connectivity index (χ3v) is 6.94. The molecule has 1 aliphatic heterocycles. The minimum atomic E-state index is -0.245. The van der Waals surface area contributed by atoms with Crippen LogP contribution in [0.4, 0.5) is 5.69 Å². The summed E-state index contributed by atoms with van der Waals surface area (Å²) in [6.45, 7) is 2.42. The first-order chi connectivity index (χ1) is 18.0. The van der Waals surface area contributed by atoms with Crippen LogP contribution in [0.25, 0.3) is 0 Å². The molecule has 1 N–H and O–H groups in total. The summed E-state index contributed by atoms with van der Waals surface area (Å²) in [6.07, 6.45) is 5.50. The normalized spacial score (nSPS) is 12.0. The Labute approximate surface area is 231 Å². The number of anilines is 1. The highest BCUT2D eigenvalue weighted by molar-refractivity contribution is 14.1. The summed E-state index contributed by atoms with van der Waals surface area (Å²) in [6, 6.07) is 34.6. The molecule has 5 heteroatoms. The van der Waals surface area contributed by atoms with Gasteiger partial charge < -0.3 is 5.32 Å². The fourth-order valence-electron chi connectivity index (χ4n) is 4.16. The van der Waals surface area contributed by atoms with E-state index in [2.05, 4.69) is 120 Å². The summed E-state index contributed by atoms with van der Waals surface area (Å²) in [4.78, 5) is 24.7. The largest absolute Gasteiger partial charge is 0.373 e. The number of aryl methyl sites for hydroxylation is 1. The third-order valence-electron chi connectivity index (χ3n) is 6.05. The van der Waals surface area contributed by atoms with Crippen LogP contribution < -0.4 is 5.32 Å². The monoisotopic (exact) mass is 598 g/mol. The summed E-state index contributed by atoms with van der Waals surface area (Å²) in [5.74, 6) is 1.93. The van der Waals surface area contributed by atoms with Gasteiger partial charge in [0.25, 0.3) is 11.8 Å². The van der Waals surface area contributed by atoms with Crippen molar-refractivity contribution in [1.82, 2.24) is 4.90 Å². The molecular weight excluding hydrogens is 571 g/mol. The van der Waals surface area contributed by atoms with E-state index in [0.29, 0.717) is 24.1 Å². The van der Waals surface area contributed by atoms with Crippen LogP contribution >= 0.6 is 22.6 Å². The van der Waals surface area contributed by atoms with Gasteiger partial charge in [-0.2, -0.15) is 0 Å². The average molecular weight is 598 g/mol. The second kappa shape index (κ2) is 12.4. The van der Waals surface area contributed by atoms with Gasteiger partial charge in [-0.15, -0.1) is 12.3 Å². The van der Waals surface area contributed by atoms with E-state index in [4.69, 9.17) is 6.42 Å². The standard InChI is InChI=1S/C20H18IN.C12H9NO2/c1-15-12-13-19(18(21)14-15)22-20(16-8-4-2-5-9-16)17-10-6-3-7-11-17;1-2-3-8-13-11(14)9-6-4-5-7-10(9)12(13)15/h2-14,20,22H,1H3;1,4-7H,3,8H2. The van der Waals surface area contributed by atoms with Crippen LogP contribution in [0.3, 0.4) is 0 Å². The lowest BCUT2D eigenvalue weighted by Gasteiger charge is -2.22. The molecule has 2 amide bonds. The second-order valence-electron chi connectivity index (χ2n) is 8.64. The molecule has 4 aromatic rings. The highest BCUT2D eigenvalue weighted by Crippen LogP contribution is 2.29. The van der Waals surface area contributed by atoms with Crippen LogP contribution in [0, 0.1) is 22.8 Å². The molecule has 0 unspecified atom stereocenters. The SMILES string of the molecule is C#CCCN1C(=O)c2ccccc2C1=O.Cc1ccc(NC(c2ccccc2)c2ccccc2)c(I)c1. The smallest absolute Gasteiger partial charge is 0.261 e. The first kappa shape index (κ1) is 26.2. The van der Waals surface area contributed by atoms with Crippen molar-refractivity contribution in [1.29, 1.82) is 0 Å². The molecule has 184 valence electrons. The lowest BCUT2D eigenvalue weighted by Crippen LogP contribution is -2.30. The van der Waals surface area contributed by atoms with E-state index in [1.807, 2.05) is 0 Å². The topological polar surface area (TPSA) is 49.4 Å². The van der Waals surface area contributed by atoms with E-state index in [1.54, 1.807) is 24.3 Å². The zero-order valence-corrected chi connectivity index (χ0v) is 22.7. The van der Waals surface area contributed by atoms with Gasteiger partial charge in [0.2, 0.25) is 0 Å². The van der Waals surface area contributed by atoms with Gasteiger partial charge in [0.05, 0.1) is 17.2 Å². The van der Waals surface area contributed by atoms with Crippen LogP contribution in [-0.4, -0.2) is 23.3 Å². The highest BCUT2D eigenvalue weighted by atomic mass is 127. The Hall–Kier alpha value is -3.89. The summed E-state index contributed by atoms with van der Waals surface area (Å²) in [5, 5.41) is 3.70. The number of imide groups is 1. The predicted octanol–water partition coefficient (Wildman–Crippen LogP) is 7.11. The molecule has 0 radical (unpaired) electrons. The van der Waals surface area contributed by atoms with E-state index in [-0.39, 0.29) is 17.9 Å². The fraction of sp³-hybridized carbons (Fsp3) is 0.125. The predicted molar refractivity (Wildman–Crippen MR) is 158 cm³/mol. The molecule has 0 saturated heterocycles. The van der Waals surface area contributed by atoms with E-state index >= 15 is 0 Å². The zero-order chi connectivity index (χ0) is 26.2. The highest BCUT2D eigenvalue weighted by Gasteiger charge is 2.34. The van der Waals surface area contributed by atoms with Crippen LogP contribution in [0.15, 0.2) is 103 Å². The van der Waals surface area contributed by atoms with E-state index in [1.165, 1.54) is 30.8 Å². The Bertz CT molecular complexity index is 1350. The van der Waals surface area contributed by atoms with Gasteiger partial charge in [-0.1, -0.05) is 78.9 Å². The number of rotatable bonds is 6. The molecule has 4 nitrogen and oxygen atoms in total. The molecule has 0 aliphatic carbocycles. The number of hydrogen-bond donors (Lipinski definition) is 1. The third kappa shape index (κ3) is 6.28. The molecular formula is C32H27IN2O2. The van der Waals surface area contributed by atoms with Crippen molar-refractivity contribution < 1.29 is 9.59 Å². The second-order valence-corrected chi connectivity index (χ2v) is 9.81. The number of carbonyl (C=O) groups is 2. The fourth-order valence-corrected chi connectivity index (χ4v) is 4.99. The lowest BCUT2D eigenvalue weighted by atomic mass is 9.98. The van der Waals surface area contributed by atoms with Crippen molar-refractivity contribution in [2.75, 3.05) is 11.9 Å². The number of hydrogen-bond acceptors (Lipinski definition) is 3. The summed E-state index contributed by atoms with van der Waals surface area (Å²) in [7, 11) is 0. The van der Waals surface area contributed by atoms with Gasteiger partial charge in [0, 0.05) is 22.2 Å². The Morgan fingerprint density at radius 2 is 1.32 bits per heavy atom. The number of terminal acetylenes is 1. The first-order valence-electron chi connectivity index (χ1n) is 12.0. The lowest BCUT2D eigenvalue weighted by molar-refractivity contribution is 0.0658. The molecule has 1 heterocycles. The Morgan fingerprint density at radius 3 is 1.81 bits per heavy atom. The molecule has 0 bridgehead atoms. The van der Waals surface area contributed by atoms with Crippen molar-refractivity contribution in [3.63, 3.8) is 0 Å². The Morgan fingerprint density at radius 1 is 0.811 bits per heavy atom. The number of nitrogens with zero attached hydrogens (tertiary/aromatic N) is 1. The average Bonchev–Trinajstić information content (AvgIpc) is 3.17. The molecule has 0 atom stereocenters. The Balaban J connectivity index is 0.000000186. The quantitative estimate of drug-likeness (QED) is 0.146. The molecule has 5 rings (SSSR count). The number of carbonyl (C=O) groups excluding carboxylic acids is 2. The summed E-state index contributed by atoms with van der Waals surface area (Å²) >= 11 is 2.40. The number of amides is 2. The zero-order valence-electron chi connectivity index (χ0n) is 20.5. The maximum absolute atomic E-state index is 11.7. The first-order valence-corrected chi connectivity index (χ1v) is 13.1. The molecule has 0 saturated carbocycles. The molecule has 0 aromatic heterocycles. The van der Waals surface area contributed by atoms with Crippen LogP contribution in [-0.2, 0) is 0 Å². The number of fused-ring (bicyclic) bond motifs is 1. The molecule has 1 aliphatic rings. The number of benzene rings is 4.